The van der Waals surface area contributed by atoms with E-state index in [0.717, 1.165) is 11.2 Å². The number of nitrogens with zero attached hydrogens (tertiary/aromatic N) is 2. The molecule has 0 amide bonds. The predicted octanol–water partition coefficient (Wildman–Crippen LogP) is 1.05. The van der Waals surface area contributed by atoms with Gasteiger partial charge in [0.05, 0.1) is 0 Å². The summed E-state index contributed by atoms with van der Waals surface area (Å²) in [6.45, 7) is 5.29. The Morgan fingerprint density at radius 3 is 2.94 bits per heavy atom. The minimum Gasteiger partial charge on any atom is -0.594 e. The highest BCUT2D eigenvalue weighted by molar-refractivity contribution is 7.15. The Hall–Kier alpha value is -1.43. The van der Waals surface area contributed by atoms with E-state index in [0.29, 0.717) is 11.6 Å². The molecule has 0 unspecified atom stereocenters. The van der Waals surface area contributed by atoms with Crippen LogP contribution in [0.1, 0.15) is 25.6 Å². The van der Waals surface area contributed by atoms with E-state index in [-0.39, 0.29) is 0 Å². The van der Waals surface area contributed by atoms with Crippen LogP contribution < -0.4 is 5.11 Å². The van der Waals surface area contributed by atoms with Crippen LogP contribution >= 0.6 is 11.3 Å². The fourth-order valence-corrected chi connectivity index (χ4v) is 1.61. The van der Waals surface area contributed by atoms with Crippen molar-refractivity contribution < 1.29 is 14.6 Å². The molecule has 16 heavy (non-hydrogen) atoms. The van der Waals surface area contributed by atoms with Gasteiger partial charge >= 0.3 is 0 Å². The van der Waals surface area contributed by atoms with Crippen molar-refractivity contribution in [2.75, 3.05) is 0 Å². The maximum Gasteiger partial charge on any atom is 0.211 e. The molecule has 0 aliphatic heterocycles. The molecule has 1 aromatic heterocycles. The van der Waals surface area contributed by atoms with E-state index >= 15 is 0 Å². The standard InChI is InChI=1S/C10H14N2O3S/c1-10(2,3)15-9(14)12-8-11-6-7(16-8)4-5-13/h5-6H,4H2,1-3H3,(H,11,12,14)/p-1. The molecule has 5 nitrogen and oxygen atoms in total. The molecule has 88 valence electrons. The van der Waals surface area contributed by atoms with Crippen LogP contribution in [0, 0.1) is 0 Å². The summed E-state index contributed by atoms with van der Waals surface area (Å²) in [5.41, 5.74) is -0.566. The molecule has 0 aliphatic carbocycles. The van der Waals surface area contributed by atoms with Crippen molar-refractivity contribution in [1.29, 1.82) is 0 Å². The molecule has 0 fully saturated rings. The first kappa shape index (κ1) is 12.6. The molecule has 0 bridgehead atoms. The topological polar surface area (TPSA) is 74.6 Å². The van der Waals surface area contributed by atoms with Gasteiger partial charge in [0.1, 0.15) is 6.29 Å². The first-order valence-corrected chi connectivity index (χ1v) is 5.55. The molecular weight excluding hydrogens is 228 g/mol. The number of hydrogen-bond donors (Lipinski definition) is 0. The summed E-state index contributed by atoms with van der Waals surface area (Å²) in [7, 11) is 0. The minimum absolute atomic E-state index is 0.293. The van der Waals surface area contributed by atoms with Gasteiger partial charge in [0, 0.05) is 23.1 Å². The van der Waals surface area contributed by atoms with Crippen molar-refractivity contribution in [1.82, 2.24) is 4.98 Å². The molecule has 0 radical (unpaired) electrons. The normalized spacial score (nSPS) is 12.6. The molecule has 0 spiro atoms. The van der Waals surface area contributed by atoms with Crippen molar-refractivity contribution in [3.05, 3.63) is 11.1 Å². The Bertz CT molecular complexity index is 393. The third-order valence-corrected chi connectivity index (χ3v) is 2.32. The van der Waals surface area contributed by atoms with Crippen molar-refractivity contribution in [2.45, 2.75) is 32.8 Å². The van der Waals surface area contributed by atoms with Gasteiger partial charge in [-0.2, -0.15) is 0 Å². The summed E-state index contributed by atoms with van der Waals surface area (Å²) < 4.78 is 5.00. The summed E-state index contributed by atoms with van der Waals surface area (Å²) in [4.78, 5) is 18.6. The number of hydrogen-bond acceptors (Lipinski definition) is 6. The smallest absolute Gasteiger partial charge is 0.211 e. The lowest BCUT2D eigenvalue weighted by molar-refractivity contribution is -0.259. The van der Waals surface area contributed by atoms with Crippen molar-refractivity contribution in [3.8, 4) is 0 Å². The van der Waals surface area contributed by atoms with Crippen LogP contribution in [0.3, 0.4) is 0 Å². The highest BCUT2D eigenvalue weighted by Gasteiger charge is 2.05. The first-order chi connectivity index (χ1) is 7.40. The lowest BCUT2D eigenvalue weighted by Crippen LogP contribution is -2.31. The highest BCUT2D eigenvalue weighted by Crippen LogP contribution is 2.21. The zero-order valence-electron chi connectivity index (χ0n) is 9.39. The number of aldehydes is 1. The van der Waals surface area contributed by atoms with Gasteiger partial charge in [-0.1, -0.05) is 32.1 Å². The Kier molecular flexibility index (Phi) is 4.00. The molecule has 1 rings (SSSR count). The Morgan fingerprint density at radius 1 is 1.69 bits per heavy atom. The summed E-state index contributed by atoms with van der Waals surface area (Å²) in [6.07, 6.45) is 1.94. The second kappa shape index (κ2) is 5.07. The molecule has 1 heterocycles. The fraction of sp³-hybridized carbons (Fsp3) is 0.500. The van der Waals surface area contributed by atoms with Crippen LogP contribution in [0.25, 0.3) is 0 Å². The lowest BCUT2D eigenvalue weighted by Gasteiger charge is -2.29. The number of thiazole rings is 1. The van der Waals surface area contributed by atoms with Gasteiger partial charge in [0.2, 0.25) is 5.13 Å². The number of aromatic nitrogens is 1. The van der Waals surface area contributed by atoms with E-state index in [9.17, 15) is 9.90 Å². The largest absolute Gasteiger partial charge is 0.594 e. The highest BCUT2D eigenvalue weighted by atomic mass is 32.1. The SMILES string of the molecule is CC(C)(C)O/C([O-])=N/c1ncc(CC=O)s1. The molecule has 6 heteroatoms. The van der Waals surface area contributed by atoms with Crippen molar-refractivity contribution in [2.24, 2.45) is 4.99 Å². The van der Waals surface area contributed by atoms with E-state index in [1.54, 1.807) is 20.8 Å². The van der Waals surface area contributed by atoms with Gasteiger partial charge in [-0.15, -0.1) is 0 Å². The number of carbonyl (C=O) groups excluding carboxylic acids is 1. The number of carbonyl (C=O) groups is 1. The summed E-state index contributed by atoms with van der Waals surface area (Å²) in [5.74, 6) is 0. The van der Waals surface area contributed by atoms with Crippen LogP contribution in [0.4, 0.5) is 5.13 Å². The number of ether oxygens (including phenoxy) is 1. The van der Waals surface area contributed by atoms with E-state index in [1.165, 1.54) is 17.5 Å². The van der Waals surface area contributed by atoms with Crippen LogP contribution in [-0.4, -0.2) is 23.0 Å². The zero-order chi connectivity index (χ0) is 12.2. The lowest BCUT2D eigenvalue weighted by atomic mass is 10.2. The van der Waals surface area contributed by atoms with Crippen molar-refractivity contribution >= 4 is 28.8 Å². The van der Waals surface area contributed by atoms with Crippen LogP contribution in [0.5, 0.6) is 0 Å². The Morgan fingerprint density at radius 2 is 2.38 bits per heavy atom. The monoisotopic (exact) mass is 241 g/mol. The van der Waals surface area contributed by atoms with E-state index in [4.69, 9.17) is 4.74 Å². The van der Waals surface area contributed by atoms with Gasteiger partial charge in [-0.3, -0.25) is 0 Å². The Labute approximate surface area is 97.8 Å². The molecule has 0 saturated heterocycles. The average Bonchev–Trinajstić information content (AvgIpc) is 2.49. The third-order valence-electron chi connectivity index (χ3n) is 1.41. The van der Waals surface area contributed by atoms with E-state index in [1.807, 2.05) is 0 Å². The second-order valence-corrected chi connectivity index (χ2v) is 5.17. The van der Waals surface area contributed by atoms with E-state index < -0.39 is 11.7 Å². The molecule has 1 aromatic rings. The van der Waals surface area contributed by atoms with Gasteiger partial charge < -0.3 is 14.6 Å². The molecule has 0 N–H and O–H groups in total. The van der Waals surface area contributed by atoms with Crippen molar-refractivity contribution in [3.63, 3.8) is 0 Å². The van der Waals surface area contributed by atoms with Crippen LogP contribution in [0.15, 0.2) is 11.2 Å². The summed E-state index contributed by atoms with van der Waals surface area (Å²) in [5, 5.41) is 11.6. The molecule has 0 aromatic carbocycles. The second-order valence-electron chi connectivity index (χ2n) is 4.07. The quantitative estimate of drug-likeness (QED) is 0.450. The van der Waals surface area contributed by atoms with E-state index in [2.05, 4.69) is 9.98 Å². The molecule has 0 atom stereocenters. The van der Waals surface area contributed by atoms with Gasteiger partial charge in [-0.25, -0.2) is 9.98 Å². The zero-order valence-corrected chi connectivity index (χ0v) is 10.2. The van der Waals surface area contributed by atoms with Gasteiger partial charge in [0.15, 0.2) is 6.08 Å². The fourth-order valence-electron chi connectivity index (χ4n) is 0.888. The average molecular weight is 241 g/mol. The third kappa shape index (κ3) is 4.39. The number of rotatable bonds is 3. The maximum atomic E-state index is 11.3. The van der Waals surface area contributed by atoms with Crippen LogP contribution in [0.2, 0.25) is 0 Å². The molecule has 0 aliphatic rings. The predicted molar refractivity (Wildman–Crippen MR) is 59.8 cm³/mol. The first-order valence-electron chi connectivity index (χ1n) is 4.74. The van der Waals surface area contributed by atoms with Gasteiger partial charge in [0.25, 0.3) is 0 Å². The number of aliphatic imine (C=N–C) groups is 1. The molecular formula is C10H13N2O3S-. The minimum atomic E-state index is -0.667. The summed E-state index contributed by atoms with van der Waals surface area (Å²) >= 11 is 1.20. The van der Waals surface area contributed by atoms with Gasteiger partial charge in [-0.05, 0) is 0 Å². The van der Waals surface area contributed by atoms with Crippen LogP contribution in [-0.2, 0) is 16.0 Å². The maximum absolute atomic E-state index is 11.3. The molecule has 0 saturated carbocycles. The summed E-state index contributed by atoms with van der Waals surface area (Å²) in [6, 6.07) is 0. The Balaban J connectivity index is 2.70.